The maximum atomic E-state index is 12.1. The second-order valence-corrected chi connectivity index (χ2v) is 6.77. The molecule has 7 heteroatoms. The van der Waals surface area contributed by atoms with Gasteiger partial charge in [0.25, 0.3) is 5.91 Å². The van der Waals surface area contributed by atoms with E-state index < -0.39 is 0 Å². The molecule has 0 aliphatic carbocycles. The molecule has 2 heterocycles. The van der Waals surface area contributed by atoms with Crippen molar-refractivity contribution in [1.82, 2.24) is 5.32 Å². The summed E-state index contributed by atoms with van der Waals surface area (Å²) in [5.74, 6) is -0.354. The highest BCUT2D eigenvalue weighted by Gasteiger charge is 2.15. The number of carbonyl (C=O) groups is 2. The predicted octanol–water partition coefficient (Wildman–Crippen LogP) is 2.71. The van der Waals surface area contributed by atoms with E-state index in [9.17, 15) is 9.59 Å². The number of nitrogens with one attached hydrogen (secondary N) is 3. The summed E-state index contributed by atoms with van der Waals surface area (Å²) in [6.07, 6.45) is 2.00. The molecule has 0 spiro atoms. The van der Waals surface area contributed by atoms with Gasteiger partial charge < -0.3 is 20.7 Å². The molecule has 132 valence electrons. The Morgan fingerprint density at radius 1 is 1.12 bits per heavy atom. The van der Waals surface area contributed by atoms with Crippen molar-refractivity contribution < 1.29 is 14.3 Å². The normalized spacial score (nSPS) is 14.9. The molecule has 1 aromatic carbocycles. The first-order chi connectivity index (χ1) is 12.2. The number of amides is 2. The molecule has 0 radical (unpaired) electrons. The standard InChI is InChI=1S/C18H21N3O3S/c22-17(12-24-15-6-8-19-9-7-15)20-13-3-1-4-14(11-13)21-18(23)16-5-2-10-25-16/h1-5,10-11,15,19H,6-9,12H2,(H,20,22)(H,21,23). The number of rotatable bonds is 6. The lowest BCUT2D eigenvalue weighted by molar-refractivity contribution is -0.123. The van der Waals surface area contributed by atoms with Crippen molar-refractivity contribution in [3.63, 3.8) is 0 Å². The molecule has 1 fully saturated rings. The van der Waals surface area contributed by atoms with Gasteiger partial charge in [0.05, 0.1) is 11.0 Å². The van der Waals surface area contributed by atoms with Crippen LogP contribution in [0.25, 0.3) is 0 Å². The molecule has 6 nitrogen and oxygen atoms in total. The van der Waals surface area contributed by atoms with Gasteiger partial charge in [0.2, 0.25) is 5.91 Å². The number of hydrogen-bond acceptors (Lipinski definition) is 5. The fourth-order valence-electron chi connectivity index (χ4n) is 2.63. The Morgan fingerprint density at radius 2 is 1.88 bits per heavy atom. The summed E-state index contributed by atoms with van der Waals surface area (Å²) < 4.78 is 5.64. The van der Waals surface area contributed by atoms with Crippen molar-refractivity contribution in [2.24, 2.45) is 0 Å². The summed E-state index contributed by atoms with van der Waals surface area (Å²) in [7, 11) is 0. The van der Waals surface area contributed by atoms with Crippen molar-refractivity contribution in [3.05, 3.63) is 46.7 Å². The van der Waals surface area contributed by atoms with E-state index in [1.807, 2.05) is 11.4 Å². The van der Waals surface area contributed by atoms with Gasteiger partial charge in [-0.3, -0.25) is 9.59 Å². The number of benzene rings is 1. The topological polar surface area (TPSA) is 79.5 Å². The molecule has 0 bridgehead atoms. The average Bonchev–Trinajstić information content (AvgIpc) is 3.16. The maximum Gasteiger partial charge on any atom is 0.265 e. The monoisotopic (exact) mass is 359 g/mol. The zero-order valence-electron chi connectivity index (χ0n) is 13.8. The van der Waals surface area contributed by atoms with Gasteiger partial charge in [-0.05, 0) is 55.6 Å². The summed E-state index contributed by atoms with van der Waals surface area (Å²) in [6, 6.07) is 10.7. The van der Waals surface area contributed by atoms with Gasteiger partial charge in [-0.1, -0.05) is 12.1 Å². The van der Waals surface area contributed by atoms with Crippen LogP contribution in [0.4, 0.5) is 11.4 Å². The smallest absolute Gasteiger partial charge is 0.265 e. The van der Waals surface area contributed by atoms with Crippen LogP contribution in [0.15, 0.2) is 41.8 Å². The summed E-state index contributed by atoms with van der Waals surface area (Å²) in [6.45, 7) is 1.90. The molecule has 1 aliphatic heterocycles. The van der Waals surface area contributed by atoms with Crippen LogP contribution in [0.2, 0.25) is 0 Å². The molecule has 0 atom stereocenters. The van der Waals surface area contributed by atoms with Crippen LogP contribution in [-0.4, -0.2) is 37.6 Å². The fraction of sp³-hybridized carbons (Fsp3) is 0.333. The number of ether oxygens (including phenoxy) is 1. The molecular formula is C18H21N3O3S. The zero-order chi connectivity index (χ0) is 17.5. The second-order valence-electron chi connectivity index (χ2n) is 5.82. The van der Waals surface area contributed by atoms with Gasteiger partial charge in [0.1, 0.15) is 6.61 Å². The van der Waals surface area contributed by atoms with Gasteiger partial charge in [-0.15, -0.1) is 11.3 Å². The van der Waals surface area contributed by atoms with Crippen LogP contribution in [0.3, 0.4) is 0 Å². The van der Waals surface area contributed by atoms with Crippen LogP contribution >= 0.6 is 11.3 Å². The first-order valence-corrected chi connectivity index (χ1v) is 9.16. The van der Waals surface area contributed by atoms with Crippen LogP contribution in [0.5, 0.6) is 0 Å². The molecule has 0 unspecified atom stereocenters. The summed E-state index contributed by atoms with van der Waals surface area (Å²) in [4.78, 5) is 24.8. The molecule has 2 aromatic rings. The first kappa shape index (κ1) is 17.6. The maximum absolute atomic E-state index is 12.1. The summed E-state index contributed by atoms with van der Waals surface area (Å²) in [5, 5.41) is 10.7. The molecular weight excluding hydrogens is 338 g/mol. The van der Waals surface area contributed by atoms with E-state index in [1.54, 1.807) is 30.3 Å². The van der Waals surface area contributed by atoms with Crippen LogP contribution in [0.1, 0.15) is 22.5 Å². The SMILES string of the molecule is O=C(COC1CCNCC1)Nc1cccc(NC(=O)c2cccs2)c1. The average molecular weight is 359 g/mol. The molecule has 3 rings (SSSR count). The Balaban J connectivity index is 1.50. The summed E-state index contributed by atoms with van der Waals surface area (Å²) >= 11 is 1.38. The minimum absolute atomic E-state index is 0.0381. The van der Waals surface area contributed by atoms with Gasteiger partial charge >= 0.3 is 0 Å². The second kappa shape index (κ2) is 8.75. The first-order valence-electron chi connectivity index (χ1n) is 8.28. The van der Waals surface area contributed by atoms with E-state index in [0.717, 1.165) is 25.9 Å². The van der Waals surface area contributed by atoms with E-state index in [0.29, 0.717) is 16.3 Å². The third-order valence-electron chi connectivity index (χ3n) is 3.89. The highest BCUT2D eigenvalue weighted by molar-refractivity contribution is 7.12. The van der Waals surface area contributed by atoms with E-state index in [2.05, 4.69) is 16.0 Å². The molecule has 1 saturated heterocycles. The number of piperidine rings is 1. The number of carbonyl (C=O) groups excluding carboxylic acids is 2. The Kier molecular flexibility index (Phi) is 6.16. The number of thiophene rings is 1. The predicted molar refractivity (Wildman–Crippen MR) is 99.2 cm³/mol. The lowest BCUT2D eigenvalue weighted by atomic mass is 10.1. The minimum atomic E-state index is -0.194. The van der Waals surface area contributed by atoms with Crippen LogP contribution in [0, 0.1) is 0 Å². The van der Waals surface area contributed by atoms with Gasteiger partial charge in [0, 0.05) is 11.4 Å². The van der Waals surface area contributed by atoms with Crippen molar-refractivity contribution in [3.8, 4) is 0 Å². The van der Waals surface area contributed by atoms with E-state index in [1.165, 1.54) is 11.3 Å². The zero-order valence-corrected chi connectivity index (χ0v) is 14.6. The third-order valence-corrected chi connectivity index (χ3v) is 4.75. The molecule has 2 amide bonds. The minimum Gasteiger partial charge on any atom is -0.368 e. The largest absolute Gasteiger partial charge is 0.368 e. The highest BCUT2D eigenvalue weighted by atomic mass is 32.1. The Morgan fingerprint density at radius 3 is 2.60 bits per heavy atom. The van der Waals surface area contributed by atoms with Crippen molar-refractivity contribution >= 4 is 34.5 Å². The van der Waals surface area contributed by atoms with Crippen LogP contribution in [-0.2, 0) is 9.53 Å². The van der Waals surface area contributed by atoms with Gasteiger partial charge in [0.15, 0.2) is 0 Å². The highest BCUT2D eigenvalue weighted by Crippen LogP contribution is 2.17. The Hall–Kier alpha value is -2.22. The van der Waals surface area contributed by atoms with E-state index in [4.69, 9.17) is 4.74 Å². The van der Waals surface area contributed by atoms with Crippen LogP contribution < -0.4 is 16.0 Å². The number of hydrogen-bond donors (Lipinski definition) is 3. The fourth-order valence-corrected chi connectivity index (χ4v) is 3.25. The lowest BCUT2D eigenvalue weighted by Gasteiger charge is -2.22. The van der Waals surface area contributed by atoms with E-state index in [-0.39, 0.29) is 24.5 Å². The van der Waals surface area contributed by atoms with Crippen molar-refractivity contribution in [2.75, 3.05) is 30.3 Å². The molecule has 1 aliphatic rings. The quantitative estimate of drug-likeness (QED) is 0.741. The van der Waals surface area contributed by atoms with Gasteiger partial charge in [-0.25, -0.2) is 0 Å². The third kappa shape index (κ3) is 5.38. The molecule has 0 saturated carbocycles. The lowest BCUT2D eigenvalue weighted by Crippen LogP contribution is -2.34. The molecule has 25 heavy (non-hydrogen) atoms. The van der Waals surface area contributed by atoms with E-state index >= 15 is 0 Å². The Bertz CT molecular complexity index is 712. The molecule has 3 N–H and O–H groups in total. The van der Waals surface area contributed by atoms with Crippen molar-refractivity contribution in [1.29, 1.82) is 0 Å². The molecule has 1 aromatic heterocycles. The Labute approximate surface area is 150 Å². The number of anilines is 2. The van der Waals surface area contributed by atoms with Crippen molar-refractivity contribution in [2.45, 2.75) is 18.9 Å². The van der Waals surface area contributed by atoms with Gasteiger partial charge in [-0.2, -0.15) is 0 Å². The summed E-state index contributed by atoms with van der Waals surface area (Å²) in [5.41, 5.74) is 1.26.